The molecule has 3 aromatic carbocycles. The van der Waals surface area contributed by atoms with Gasteiger partial charge in [0.25, 0.3) is 17.2 Å². The summed E-state index contributed by atoms with van der Waals surface area (Å²) < 4.78 is 6.94. The van der Waals surface area contributed by atoms with Gasteiger partial charge in [-0.1, -0.05) is 36.0 Å². The van der Waals surface area contributed by atoms with Crippen LogP contribution in [0.5, 0.6) is 5.75 Å². The van der Waals surface area contributed by atoms with E-state index in [9.17, 15) is 19.7 Å². The Hall–Kier alpha value is -4.51. The second kappa shape index (κ2) is 11.3. The summed E-state index contributed by atoms with van der Waals surface area (Å²) in [5, 5.41) is 15.7. The predicted molar refractivity (Wildman–Crippen MR) is 138 cm³/mol. The Morgan fingerprint density at radius 2 is 1.86 bits per heavy atom. The summed E-state index contributed by atoms with van der Waals surface area (Å²) in [6.07, 6.45) is 1.21. The lowest BCUT2D eigenvalue weighted by molar-refractivity contribution is -0.385. The Balaban J connectivity index is 1.56. The number of nitro groups is 1. The van der Waals surface area contributed by atoms with E-state index in [0.717, 1.165) is 11.8 Å². The molecule has 182 valence electrons. The number of benzene rings is 3. The minimum atomic E-state index is -0.523. The maximum atomic E-state index is 13.3. The van der Waals surface area contributed by atoms with Crippen LogP contribution in [0.15, 0.2) is 87.8 Å². The summed E-state index contributed by atoms with van der Waals surface area (Å²) in [6, 6.07) is 20.1. The SMILES string of the molecule is CCOc1ccc(-n2c(SCC(=O)NN=Cc3ccccc3[N+](=O)[O-])nc3ccccc3c2=O)cc1. The first-order valence-corrected chi connectivity index (χ1v) is 11.9. The highest BCUT2D eigenvalue weighted by molar-refractivity contribution is 7.99. The number of nitro benzene ring substituents is 1. The summed E-state index contributed by atoms with van der Waals surface area (Å²) in [5.74, 6) is 0.124. The normalized spacial score (nSPS) is 11.0. The zero-order valence-electron chi connectivity index (χ0n) is 19.2. The molecule has 1 N–H and O–H groups in total. The Labute approximate surface area is 209 Å². The number of hydrogen-bond acceptors (Lipinski definition) is 8. The maximum Gasteiger partial charge on any atom is 0.278 e. The number of thioether (sulfide) groups is 1. The van der Waals surface area contributed by atoms with E-state index < -0.39 is 10.8 Å². The van der Waals surface area contributed by atoms with E-state index in [1.807, 2.05) is 6.92 Å². The van der Waals surface area contributed by atoms with Crippen LogP contribution in [0.1, 0.15) is 12.5 Å². The van der Waals surface area contributed by atoms with Crippen molar-refractivity contribution in [1.29, 1.82) is 0 Å². The number of para-hydroxylation sites is 2. The van der Waals surface area contributed by atoms with Gasteiger partial charge in [-0.25, -0.2) is 10.4 Å². The summed E-state index contributed by atoms with van der Waals surface area (Å²) in [6.45, 7) is 2.41. The number of fused-ring (bicyclic) bond motifs is 1. The molecule has 0 aliphatic heterocycles. The van der Waals surface area contributed by atoms with Crippen LogP contribution >= 0.6 is 11.8 Å². The topological polar surface area (TPSA) is 129 Å². The summed E-state index contributed by atoms with van der Waals surface area (Å²) in [5.41, 5.74) is 3.33. The molecule has 1 amide bonds. The van der Waals surface area contributed by atoms with Gasteiger partial charge in [0, 0.05) is 6.07 Å². The van der Waals surface area contributed by atoms with E-state index in [-0.39, 0.29) is 22.6 Å². The zero-order chi connectivity index (χ0) is 25.5. The Bertz CT molecular complexity index is 1500. The van der Waals surface area contributed by atoms with Crippen molar-refractivity contribution < 1.29 is 14.5 Å². The van der Waals surface area contributed by atoms with E-state index in [0.29, 0.717) is 34.1 Å². The molecular formula is C25H21N5O5S. The lowest BCUT2D eigenvalue weighted by Gasteiger charge is -2.13. The van der Waals surface area contributed by atoms with Crippen molar-refractivity contribution in [1.82, 2.24) is 15.0 Å². The van der Waals surface area contributed by atoms with Crippen LogP contribution < -0.4 is 15.7 Å². The maximum absolute atomic E-state index is 13.3. The van der Waals surface area contributed by atoms with Crippen molar-refractivity contribution in [3.05, 3.63) is 98.8 Å². The van der Waals surface area contributed by atoms with Crippen LogP contribution in [0.3, 0.4) is 0 Å². The molecule has 0 aliphatic carbocycles. The number of ether oxygens (including phenoxy) is 1. The van der Waals surface area contributed by atoms with Crippen molar-refractivity contribution in [3.8, 4) is 11.4 Å². The lowest BCUT2D eigenvalue weighted by atomic mass is 10.2. The number of carbonyl (C=O) groups excluding carboxylic acids is 1. The van der Waals surface area contributed by atoms with Gasteiger partial charge in [-0.3, -0.25) is 24.3 Å². The molecule has 10 nitrogen and oxygen atoms in total. The number of nitrogens with one attached hydrogen (secondary N) is 1. The molecule has 1 heterocycles. The average Bonchev–Trinajstić information content (AvgIpc) is 2.88. The van der Waals surface area contributed by atoms with Crippen LogP contribution in [-0.4, -0.2) is 39.0 Å². The highest BCUT2D eigenvalue weighted by atomic mass is 32.2. The fraction of sp³-hybridized carbons (Fsp3) is 0.120. The number of hydrazone groups is 1. The van der Waals surface area contributed by atoms with E-state index in [1.165, 1.54) is 22.9 Å². The van der Waals surface area contributed by atoms with Crippen LogP contribution in [0, 0.1) is 10.1 Å². The van der Waals surface area contributed by atoms with Gasteiger partial charge in [-0.05, 0) is 49.4 Å². The van der Waals surface area contributed by atoms with Crippen molar-refractivity contribution in [2.75, 3.05) is 12.4 Å². The van der Waals surface area contributed by atoms with E-state index >= 15 is 0 Å². The molecule has 0 atom stereocenters. The number of aromatic nitrogens is 2. The zero-order valence-corrected chi connectivity index (χ0v) is 20.0. The lowest BCUT2D eigenvalue weighted by Crippen LogP contribution is -2.24. The standard InChI is InChI=1S/C25H21N5O5S/c1-2-35-19-13-11-18(12-14-19)29-24(32)20-8-4-5-9-21(20)27-25(29)36-16-23(31)28-26-15-17-7-3-6-10-22(17)30(33)34/h3-15H,2,16H2,1H3,(H,28,31). The van der Waals surface area contributed by atoms with E-state index in [2.05, 4.69) is 15.5 Å². The summed E-state index contributed by atoms with van der Waals surface area (Å²) in [4.78, 5) is 40.9. The molecule has 4 aromatic rings. The molecule has 0 bridgehead atoms. The van der Waals surface area contributed by atoms with Gasteiger partial charge >= 0.3 is 0 Å². The third kappa shape index (κ3) is 5.58. The first kappa shape index (κ1) is 24.6. The van der Waals surface area contributed by atoms with Gasteiger partial charge in [-0.2, -0.15) is 5.10 Å². The number of carbonyl (C=O) groups is 1. The third-order valence-corrected chi connectivity index (χ3v) is 5.95. The number of rotatable bonds is 9. The van der Waals surface area contributed by atoms with Gasteiger partial charge in [0.2, 0.25) is 0 Å². The van der Waals surface area contributed by atoms with Crippen molar-refractivity contribution in [2.24, 2.45) is 5.10 Å². The van der Waals surface area contributed by atoms with Crippen molar-refractivity contribution >= 4 is 40.5 Å². The smallest absolute Gasteiger partial charge is 0.278 e. The molecule has 0 fully saturated rings. The first-order valence-electron chi connectivity index (χ1n) is 10.9. The fourth-order valence-electron chi connectivity index (χ4n) is 3.39. The molecule has 4 rings (SSSR count). The highest BCUT2D eigenvalue weighted by Gasteiger charge is 2.15. The quantitative estimate of drug-likeness (QED) is 0.120. The first-order chi connectivity index (χ1) is 17.5. The van der Waals surface area contributed by atoms with Crippen molar-refractivity contribution in [3.63, 3.8) is 0 Å². The molecular weight excluding hydrogens is 482 g/mol. The third-order valence-electron chi connectivity index (χ3n) is 5.01. The molecule has 0 radical (unpaired) electrons. The molecule has 0 unspecified atom stereocenters. The Morgan fingerprint density at radius 1 is 1.14 bits per heavy atom. The number of nitrogens with zero attached hydrogens (tertiary/aromatic N) is 4. The Morgan fingerprint density at radius 3 is 2.61 bits per heavy atom. The summed E-state index contributed by atoms with van der Waals surface area (Å²) in [7, 11) is 0. The predicted octanol–water partition coefficient (Wildman–Crippen LogP) is 3.94. The molecule has 11 heteroatoms. The minimum Gasteiger partial charge on any atom is -0.494 e. The average molecular weight is 504 g/mol. The number of amides is 1. The minimum absolute atomic E-state index is 0.0873. The largest absolute Gasteiger partial charge is 0.494 e. The van der Waals surface area contributed by atoms with Crippen LogP contribution in [0.25, 0.3) is 16.6 Å². The fourth-order valence-corrected chi connectivity index (χ4v) is 4.20. The monoisotopic (exact) mass is 503 g/mol. The van der Waals surface area contributed by atoms with E-state index in [1.54, 1.807) is 60.7 Å². The molecule has 36 heavy (non-hydrogen) atoms. The summed E-state index contributed by atoms with van der Waals surface area (Å²) >= 11 is 1.07. The van der Waals surface area contributed by atoms with Crippen LogP contribution in [0.2, 0.25) is 0 Å². The van der Waals surface area contributed by atoms with Gasteiger partial charge in [0.15, 0.2) is 5.16 Å². The van der Waals surface area contributed by atoms with Gasteiger partial charge in [0.1, 0.15) is 5.75 Å². The van der Waals surface area contributed by atoms with Gasteiger partial charge < -0.3 is 4.74 Å². The second-order valence-corrected chi connectivity index (χ2v) is 8.32. The molecule has 0 saturated carbocycles. The second-order valence-electron chi connectivity index (χ2n) is 7.38. The van der Waals surface area contributed by atoms with Gasteiger partial charge in [0.05, 0.1) is 45.7 Å². The Kier molecular flexibility index (Phi) is 7.71. The molecule has 0 aliphatic rings. The molecule has 0 spiro atoms. The van der Waals surface area contributed by atoms with Crippen molar-refractivity contribution in [2.45, 2.75) is 12.1 Å². The number of hydrogen-bond donors (Lipinski definition) is 1. The molecule has 0 saturated heterocycles. The van der Waals surface area contributed by atoms with E-state index in [4.69, 9.17) is 4.74 Å². The highest BCUT2D eigenvalue weighted by Crippen LogP contribution is 2.23. The molecule has 1 aromatic heterocycles. The van der Waals surface area contributed by atoms with Gasteiger partial charge in [-0.15, -0.1) is 0 Å². The van der Waals surface area contributed by atoms with Crippen LogP contribution in [0.4, 0.5) is 5.69 Å². The van der Waals surface area contributed by atoms with Crippen LogP contribution in [-0.2, 0) is 4.79 Å².